The highest BCUT2D eigenvalue weighted by atomic mass is 35.5. The molecule has 84 valence electrons. The topological polar surface area (TPSA) is 52.7 Å². The smallest absolute Gasteiger partial charge is 0.275 e. The summed E-state index contributed by atoms with van der Waals surface area (Å²) in [6.07, 6.45) is 4.81. The molecule has 16 heavy (non-hydrogen) atoms. The molecule has 0 bridgehead atoms. The minimum Gasteiger partial charge on any atom is -0.275 e. The maximum Gasteiger partial charge on any atom is 0.287 e. The van der Waals surface area contributed by atoms with E-state index < -0.39 is 5.56 Å². The van der Waals surface area contributed by atoms with Gasteiger partial charge in [0.15, 0.2) is 0 Å². The molecule has 0 aliphatic carbocycles. The van der Waals surface area contributed by atoms with Crippen LogP contribution in [0.5, 0.6) is 0 Å². The van der Waals surface area contributed by atoms with Gasteiger partial charge < -0.3 is 0 Å². The summed E-state index contributed by atoms with van der Waals surface area (Å²) in [5.74, 6) is 0. The number of rotatable bonds is 2. The van der Waals surface area contributed by atoms with Crippen LogP contribution in [0.3, 0.4) is 0 Å². The zero-order valence-corrected chi connectivity index (χ0v) is 9.90. The summed E-state index contributed by atoms with van der Waals surface area (Å²) in [6.45, 7) is 0.323. The Balaban J connectivity index is 2.36. The van der Waals surface area contributed by atoms with Gasteiger partial charge in [0.25, 0.3) is 5.56 Å². The third-order valence-corrected chi connectivity index (χ3v) is 2.78. The summed E-state index contributed by atoms with van der Waals surface area (Å²) in [7, 11) is 1.80. The molecule has 0 atom stereocenters. The summed E-state index contributed by atoms with van der Waals surface area (Å²) >= 11 is 11.4. The van der Waals surface area contributed by atoms with Gasteiger partial charge in [-0.05, 0) is 0 Å². The summed E-state index contributed by atoms with van der Waals surface area (Å²) < 4.78 is 2.89. The quantitative estimate of drug-likeness (QED) is 0.817. The van der Waals surface area contributed by atoms with E-state index >= 15 is 0 Å². The fourth-order valence-corrected chi connectivity index (χ4v) is 1.55. The molecule has 2 aromatic heterocycles. The van der Waals surface area contributed by atoms with E-state index in [0.29, 0.717) is 6.54 Å². The van der Waals surface area contributed by atoms with Gasteiger partial charge in [0.2, 0.25) is 0 Å². The predicted molar refractivity (Wildman–Crippen MR) is 60.8 cm³/mol. The lowest BCUT2D eigenvalue weighted by Crippen LogP contribution is -2.23. The van der Waals surface area contributed by atoms with Gasteiger partial charge in [-0.3, -0.25) is 9.48 Å². The number of hydrogen-bond acceptors (Lipinski definition) is 3. The molecule has 0 N–H and O–H groups in total. The van der Waals surface area contributed by atoms with Crippen LogP contribution in [-0.4, -0.2) is 19.6 Å². The van der Waals surface area contributed by atoms with Crippen LogP contribution >= 0.6 is 23.2 Å². The van der Waals surface area contributed by atoms with Gasteiger partial charge in [-0.1, -0.05) is 23.2 Å². The molecule has 0 aliphatic rings. The van der Waals surface area contributed by atoms with Gasteiger partial charge in [-0.15, -0.1) is 0 Å². The number of hydrogen-bond donors (Lipinski definition) is 0. The first-order valence-electron chi connectivity index (χ1n) is 4.46. The molecule has 0 radical (unpaired) electrons. The molecular formula is C9H8Cl2N4O. The van der Waals surface area contributed by atoms with Crippen LogP contribution < -0.4 is 5.56 Å². The van der Waals surface area contributed by atoms with Crippen molar-refractivity contribution in [1.29, 1.82) is 0 Å². The number of aromatic nitrogens is 4. The lowest BCUT2D eigenvalue weighted by atomic mass is 10.3. The maximum atomic E-state index is 11.7. The van der Waals surface area contributed by atoms with Gasteiger partial charge in [-0.2, -0.15) is 10.2 Å². The van der Waals surface area contributed by atoms with Crippen molar-refractivity contribution in [2.45, 2.75) is 6.54 Å². The Morgan fingerprint density at radius 2 is 2.06 bits per heavy atom. The molecule has 0 spiro atoms. The van der Waals surface area contributed by atoms with E-state index in [4.69, 9.17) is 23.2 Å². The van der Waals surface area contributed by atoms with Crippen LogP contribution in [0.1, 0.15) is 5.56 Å². The van der Waals surface area contributed by atoms with Crippen molar-refractivity contribution < 1.29 is 0 Å². The van der Waals surface area contributed by atoms with E-state index in [1.807, 2.05) is 0 Å². The molecule has 2 rings (SSSR count). The van der Waals surface area contributed by atoms with Crippen molar-refractivity contribution in [3.63, 3.8) is 0 Å². The summed E-state index contributed by atoms with van der Waals surface area (Å²) in [5.41, 5.74) is 0.466. The van der Waals surface area contributed by atoms with Crippen molar-refractivity contribution in [1.82, 2.24) is 19.6 Å². The highest BCUT2D eigenvalue weighted by molar-refractivity contribution is 6.41. The van der Waals surface area contributed by atoms with E-state index in [2.05, 4.69) is 10.2 Å². The fourth-order valence-electron chi connectivity index (χ4n) is 1.28. The third kappa shape index (κ3) is 2.10. The van der Waals surface area contributed by atoms with E-state index in [9.17, 15) is 4.79 Å². The van der Waals surface area contributed by atoms with E-state index in [-0.39, 0.29) is 10.0 Å². The number of aryl methyl sites for hydroxylation is 1. The van der Waals surface area contributed by atoms with Gasteiger partial charge in [0.05, 0.1) is 24.0 Å². The van der Waals surface area contributed by atoms with Gasteiger partial charge in [0.1, 0.15) is 5.02 Å². The van der Waals surface area contributed by atoms with Gasteiger partial charge in [-0.25, -0.2) is 4.68 Å². The Bertz CT molecular complexity index is 575. The first kappa shape index (κ1) is 11.2. The largest absolute Gasteiger partial charge is 0.287 e. The highest BCUT2D eigenvalue weighted by Gasteiger charge is 2.08. The molecule has 0 aromatic carbocycles. The maximum absolute atomic E-state index is 11.7. The molecule has 0 amide bonds. The molecule has 0 saturated heterocycles. The molecule has 7 heteroatoms. The summed E-state index contributed by atoms with van der Waals surface area (Å²) in [4.78, 5) is 11.7. The Kier molecular flexibility index (Phi) is 2.98. The van der Waals surface area contributed by atoms with Crippen molar-refractivity contribution in [2.24, 2.45) is 7.05 Å². The lowest BCUT2D eigenvalue weighted by molar-refractivity contribution is 0.638. The Labute approximate surface area is 101 Å². The van der Waals surface area contributed by atoms with E-state index in [0.717, 1.165) is 5.56 Å². The number of halogens is 2. The van der Waals surface area contributed by atoms with E-state index in [1.54, 1.807) is 24.1 Å². The molecule has 0 aliphatic heterocycles. The second kappa shape index (κ2) is 4.27. The fraction of sp³-hybridized carbons (Fsp3) is 0.222. The van der Waals surface area contributed by atoms with E-state index in [1.165, 1.54) is 10.9 Å². The minimum absolute atomic E-state index is 0.0134. The van der Waals surface area contributed by atoms with Crippen LogP contribution in [-0.2, 0) is 13.6 Å². The summed E-state index contributed by atoms with van der Waals surface area (Å²) in [6, 6.07) is 0. The van der Waals surface area contributed by atoms with Crippen LogP contribution in [0, 0.1) is 0 Å². The SMILES string of the molecule is Cn1cc(Cn2ncc(Cl)c(Cl)c2=O)cn1. The molecule has 2 aromatic rings. The van der Waals surface area contributed by atoms with Gasteiger partial charge >= 0.3 is 0 Å². The Hall–Kier alpha value is -1.33. The minimum atomic E-state index is -0.405. The predicted octanol–water partition coefficient (Wildman–Crippen LogP) is 1.33. The zero-order chi connectivity index (χ0) is 11.7. The van der Waals surface area contributed by atoms with Crippen molar-refractivity contribution >= 4 is 23.2 Å². The second-order valence-electron chi connectivity index (χ2n) is 3.29. The summed E-state index contributed by atoms with van der Waals surface area (Å²) in [5, 5.41) is 8.04. The standard InChI is InChI=1S/C9H8Cl2N4O/c1-14-4-6(2-12-14)5-15-9(16)8(11)7(10)3-13-15/h2-4H,5H2,1H3. The molecule has 5 nitrogen and oxygen atoms in total. The van der Waals surface area contributed by atoms with Crippen LogP contribution in [0.2, 0.25) is 10.0 Å². The normalized spacial score (nSPS) is 10.7. The Morgan fingerprint density at radius 1 is 1.31 bits per heavy atom. The molecule has 0 saturated carbocycles. The zero-order valence-electron chi connectivity index (χ0n) is 8.39. The highest BCUT2D eigenvalue weighted by Crippen LogP contribution is 2.14. The first-order chi connectivity index (χ1) is 7.58. The second-order valence-corrected chi connectivity index (χ2v) is 4.08. The average Bonchev–Trinajstić information content (AvgIpc) is 2.65. The van der Waals surface area contributed by atoms with Crippen molar-refractivity contribution in [2.75, 3.05) is 0 Å². The molecule has 0 fully saturated rings. The average molecular weight is 259 g/mol. The first-order valence-corrected chi connectivity index (χ1v) is 5.22. The Morgan fingerprint density at radius 3 is 2.69 bits per heavy atom. The molecule has 2 heterocycles. The molecular weight excluding hydrogens is 251 g/mol. The van der Waals surface area contributed by atoms with Crippen molar-refractivity contribution in [3.8, 4) is 0 Å². The van der Waals surface area contributed by atoms with Gasteiger partial charge in [0, 0.05) is 18.8 Å². The van der Waals surface area contributed by atoms with Crippen LogP contribution in [0.25, 0.3) is 0 Å². The van der Waals surface area contributed by atoms with Crippen LogP contribution in [0.4, 0.5) is 0 Å². The monoisotopic (exact) mass is 258 g/mol. The third-order valence-electron chi connectivity index (χ3n) is 2.03. The van der Waals surface area contributed by atoms with Crippen LogP contribution in [0.15, 0.2) is 23.4 Å². The molecule has 0 unspecified atom stereocenters. The lowest BCUT2D eigenvalue weighted by Gasteiger charge is -2.03. The number of nitrogens with zero attached hydrogens (tertiary/aromatic N) is 4. The van der Waals surface area contributed by atoms with Crippen molar-refractivity contribution in [3.05, 3.63) is 44.6 Å².